The molecular weight excluding hydrogens is 334 g/mol. The first-order chi connectivity index (χ1) is 11.0. The number of hydrogen-bond acceptors (Lipinski definition) is 7. The highest BCUT2D eigenvalue weighted by atomic mass is 32.1. The lowest BCUT2D eigenvalue weighted by Crippen LogP contribution is -2.14. The van der Waals surface area contributed by atoms with Crippen LogP contribution in [0.1, 0.15) is 27.7 Å². The Kier molecular flexibility index (Phi) is 4.26. The minimum Gasteiger partial charge on any atom is -0.307 e. The molecule has 0 radical (unpaired) electrons. The molecule has 2 N–H and O–H groups in total. The number of amides is 1. The fourth-order valence-corrected chi connectivity index (χ4v) is 2.67. The number of aromatic nitrogens is 6. The molecule has 0 aliphatic heterocycles. The summed E-state index contributed by atoms with van der Waals surface area (Å²) in [5, 5.41) is 12.0. The van der Waals surface area contributed by atoms with E-state index in [2.05, 4.69) is 30.5 Å². The average molecular weight is 347 g/mol. The molecule has 0 unspecified atom stereocenters. The fourth-order valence-electron chi connectivity index (χ4n) is 1.82. The first-order valence-corrected chi connectivity index (χ1v) is 7.96. The number of H-pyrrole nitrogens is 1. The van der Waals surface area contributed by atoms with Crippen LogP contribution < -0.4 is 5.32 Å². The Balaban J connectivity index is 1.69. The van der Waals surface area contributed by atoms with E-state index in [0.29, 0.717) is 16.3 Å². The molecule has 0 spiro atoms. The van der Waals surface area contributed by atoms with Gasteiger partial charge in [-0.15, -0.1) is 11.3 Å². The summed E-state index contributed by atoms with van der Waals surface area (Å²) in [6.07, 6.45) is 3.51. The van der Waals surface area contributed by atoms with Gasteiger partial charge < -0.3 is 4.57 Å². The molecular formula is C13H13N7OS2. The molecule has 0 atom stereocenters. The Labute approximate surface area is 140 Å². The summed E-state index contributed by atoms with van der Waals surface area (Å²) in [6, 6.07) is 0. The van der Waals surface area contributed by atoms with Crippen molar-refractivity contribution < 1.29 is 4.79 Å². The minimum atomic E-state index is -0.337. The molecule has 0 bridgehead atoms. The smallest absolute Gasteiger partial charge is 0.277 e. The molecule has 3 aromatic heterocycles. The van der Waals surface area contributed by atoms with Crippen LogP contribution in [0.5, 0.6) is 0 Å². The Hall–Kier alpha value is -2.46. The van der Waals surface area contributed by atoms with Crippen LogP contribution in [0.15, 0.2) is 17.8 Å². The lowest BCUT2D eigenvalue weighted by Gasteiger charge is -2.00. The molecule has 1 amide bonds. The number of rotatable bonds is 4. The summed E-state index contributed by atoms with van der Waals surface area (Å²) in [5.74, 6) is 0.444. The predicted octanol–water partition coefficient (Wildman–Crippen LogP) is 1.88. The highest BCUT2D eigenvalue weighted by molar-refractivity contribution is 7.71. The van der Waals surface area contributed by atoms with E-state index >= 15 is 0 Å². The van der Waals surface area contributed by atoms with E-state index in [0.717, 1.165) is 17.2 Å². The van der Waals surface area contributed by atoms with E-state index in [1.807, 2.05) is 19.4 Å². The van der Waals surface area contributed by atoms with Gasteiger partial charge in [0.15, 0.2) is 9.90 Å². The van der Waals surface area contributed by atoms with E-state index < -0.39 is 0 Å². The molecule has 0 fully saturated rings. The number of aromatic amines is 1. The third-order valence-corrected chi connectivity index (χ3v) is 4.27. The second-order valence-electron chi connectivity index (χ2n) is 4.82. The predicted molar refractivity (Wildman–Crippen MR) is 88.0 cm³/mol. The molecule has 3 rings (SSSR count). The van der Waals surface area contributed by atoms with Crippen molar-refractivity contribution in [1.82, 2.24) is 29.7 Å². The Morgan fingerprint density at radius 1 is 1.43 bits per heavy atom. The van der Waals surface area contributed by atoms with Crippen LogP contribution in [-0.4, -0.2) is 35.6 Å². The molecule has 118 valence electrons. The van der Waals surface area contributed by atoms with Crippen LogP contribution in [-0.2, 0) is 13.5 Å². The zero-order chi connectivity index (χ0) is 16.4. The zero-order valence-corrected chi connectivity index (χ0v) is 14.0. The molecule has 0 saturated carbocycles. The number of nitrogens with zero attached hydrogens (tertiary/aromatic N) is 5. The average Bonchev–Trinajstić information content (AvgIpc) is 3.10. The molecule has 3 aromatic rings. The molecule has 3 heterocycles. The van der Waals surface area contributed by atoms with Gasteiger partial charge in [0.25, 0.3) is 5.91 Å². The van der Waals surface area contributed by atoms with Gasteiger partial charge in [0.05, 0.1) is 24.0 Å². The van der Waals surface area contributed by atoms with Crippen molar-refractivity contribution in [1.29, 1.82) is 0 Å². The summed E-state index contributed by atoms with van der Waals surface area (Å²) in [7, 11) is 1.84. The summed E-state index contributed by atoms with van der Waals surface area (Å²) < 4.78 is 2.34. The van der Waals surface area contributed by atoms with Gasteiger partial charge >= 0.3 is 0 Å². The first kappa shape index (κ1) is 15.4. The molecule has 10 heteroatoms. The quantitative estimate of drug-likeness (QED) is 0.699. The van der Waals surface area contributed by atoms with Gasteiger partial charge in [0, 0.05) is 18.6 Å². The van der Waals surface area contributed by atoms with E-state index in [-0.39, 0.29) is 11.6 Å². The maximum Gasteiger partial charge on any atom is 0.277 e. The second kappa shape index (κ2) is 6.34. The summed E-state index contributed by atoms with van der Waals surface area (Å²) in [5.41, 5.74) is 1.81. The first-order valence-electron chi connectivity index (χ1n) is 6.67. The van der Waals surface area contributed by atoms with Gasteiger partial charge in [-0.1, -0.05) is 0 Å². The van der Waals surface area contributed by atoms with E-state index in [1.165, 1.54) is 17.5 Å². The van der Waals surface area contributed by atoms with Crippen molar-refractivity contribution in [2.24, 2.45) is 7.05 Å². The van der Waals surface area contributed by atoms with Gasteiger partial charge in [-0.3, -0.25) is 20.2 Å². The van der Waals surface area contributed by atoms with Crippen molar-refractivity contribution in [3.63, 3.8) is 0 Å². The van der Waals surface area contributed by atoms with Gasteiger partial charge in [-0.25, -0.2) is 9.97 Å². The highest BCUT2D eigenvalue weighted by Crippen LogP contribution is 2.18. The minimum absolute atomic E-state index is 0.252. The molecule has 0 aliphatic rings. The number of carbonyl (C=O) groups is 1. The largest absolute Gasteiger partial charge is 0.307 e. The van der Waals surface area contributed by atoms with Crippen LogP contribution in [0.2, 0.25) is 0 Å². The summed E-state index contributed by atoms with van der Waals surface area (Å²) >= 11 is 6.42. The van der Waals surface area contributed by atoms with Gasteiger partial charge in [0.2, 0.25) is 0 Å². The zero-order valence-electron chi connectivity index (χ0n) is 12.4. The van der Waals surface area contributed by atoms with Gasteiger partial charge in [-0.05, 0) is 19.1 Å². The van der Waals surface area contributed by atoms with Gasteiger partial charge in [0.1, 0.15) is 11.5 Å². The summed E-state index contributed by atoms with van der Waals surface area (Å²) in [4.78, 5) is 24.5. The molecule has 0 aliphatic carbocycles. The number of aryl methyl sites for hydroxylation is 1. The Morgan fingerprint density at radius 2 is 2.26 bits per heavy atom. The van der Waals surface area contributed by atoms with Crippen LogP contribution >= 0.6 is 23.6 Å². The van der Waals surface area contributed by atoms with E-state index in [4.69, 9.17) is 12.2 Å². The lowest BCUT2D eigenvalue weighted by molar-refractivity contribution is 0.102. The molecule has 0 aromatic carbocycles. The number of anilines is 1. The monoisotopic (exact) mass is 347 g/mol. The Bertz CT molecular complexity index is 894. The Morgan fingerprint density at radius 3 is 2.91 bits per heavy atom. The van der Waals surface area contributed by atoms with Crippen LogP contribution in [0, 0.1) is 11.7 Å². The fraction of sp³-hybridized carbons (Fsp3) is 0.231. The van der Waals surface area contributed by atoms with E-state index in [9.17, 15) is 4.79 Å². The molecule has 0 saturated heterocycles. The van der Waals surface area contributed by atoms with E-state index in [1.54, 1.807) is 10.8 Å². The lowest BCUT2D eigenvalue weighted by atomic mass is 10.3. The summed E-state index contributed by atoms with van der Waals surface area (Å²) in [6.45, 7) is 1.81. The topological polar surface area (TPSA) is 101 Å². The number of nitrogens with one attached hydrogen (secondary N) is 2. The highest BCUT2D eigenvalue weighted by Gasteiger charge is 2.12. The van der Waals surface area contributed by atoms with Crippen LogP contribution in [0.25, 0.3) is 0 Å². The second-order valence-corrected chi connectivity index (χ2v) is 6.07. The molecule has 23 heavy (non-hydrogen) atoms. The van der Waals surface area contributed by atoms with Crippen LogP contribution in [0.3, 0.4) is 0 Å². The van der Waals surface area contributed by atoms with Crippen molar-refractivity contribution in [2.75, 3.05) is 5.32 Å². The van der Waals surface area contributed by atoms with Crippen LogP contribution in [0.4, 0.5) is 5.13 Å². The third-order valence-electron chi connectivity index (χ3n) is 3.10. The maximum absolute atomic E-state index is 12.1. The van der Waals surface area contributed by atoms with Gasteiger partial charge in [-0.2, -0.15) is 5.10 Å². The molecule has 8 nitrogen and oxygen atoms in total. The third kappa shape index (κ3) is 3.48. The number of carbonyl (C=O) groups excluding carboxylic acids is 1. The number of hydrogen-bond donors (Lipinski definition) is 2. The van der Waals surface area contributed by atoms with Crippen molar-refractivity contribution >= 4 is 34.6 Å². The number of thiazole rings is 1. The van der Waals surface area contributed by atoms with Crippen molar-refractivity contribution in [3.8, 4) is 0 Å². The van der Waals surface area contributed by atoms with Crippen molar-refractivity contribution in [2.45, 2.75) is 13.3 Å². The van der Waals surface area contributed by atoms with Crippen molar-refractivity contribution in [3.05, 3.63) is 45.5 Å². The SMILES string of the molecule is Cc1cnc(C(=O)Nc2nc(Cc3n[nH]c(=S)n3C)cs2)cn1. The normalized spacial score (nSPS) is 10.7. The standard InChI is InChI=1S/C13H13N7OS2/c1-7-4-15-9(5-14-7)11(21)17-12-16-8(6-23-12)3-10-18-19-13(22)20(10)2/h4-6H,3H2,1-2H3,(H,19,22)(H,16,17,21). The maximum atomic E-state index is 12.1.